The largest absolute Gasteiger partial charge is 0.229 e. The Labute approximate surface area is 83.5 Å². The number of hydrogen-bond donors (Lipinski definition) is 0. The van der Waals surface area contributed by atoms with Crippen molar-refractivity contribution in [2.75, 3.05) is 12.0 Å². The van der Waals surface area contributed by atoms with Gasteiger partial charge in [-0.25, -0.2) is 8.42 Å². The third-order valence-corrected chi connectivity index (χ3v) is 3.14. The second-order valence-electron chi connectivity index (χ2n) is 2.97. The number of sulfone groups is 1. The molecule has 0 heterocycles. The van der Waals surface area contributed by atoms with Crippen molar-refractivity contribution >= 4 is 21.4 Å². The fourth-order valence-electron chi connectivity index (χ4n) is 1.02. The number of alkyl halides is 1. The van der Waals surface area contributed by atoms with Gasteiger partial charge in [-0.05, 0) is 5.56 Å². The fraction of sp³-hybridized carbons (Fsp3) is 0.333. The van der Waals surface area contributed by atoms with Crippen molar-refractivity contribution in [2.24, 2.45) is 0 Å². The average molecular weight is 219 g/mol. The molecule has 0 spiro atoms. The van der Waals surface area contributed by atoms with Gasteiger partial charge in [0.15, 0.2) is 0 Å². The SMILES string of the molecule is CS(=O)(=O)CC(Cl)c1ccccc1. The van der Waals surface area contributed by atoms with Crippen LogP contribution in [0.25, 0.3) is 0 Å². The van der Waals surface area contributed by atoms with Gasteiger partial charge in [-0.1, -0.05) is 30.3 Å². The summed E-state index contributed by atoms with van der Waals surface area (Å²) in [6, 6.07) is 9.19. The zero-order valence-electron chi connectivity index (χ0n) is 7.27. The molecule has 1 rings (SSSR count). The molecule has 0 amide bonds. The highest BCUT2D eigenvalue weighted by Gasteiger charge is 2.13. The van der Waals surface area contributed by atoms with Crippen LogP contribution >= 0.6 is 11.6 Å². The number of hydrogen-bond acceptors (Lipinski definition) is 2. The molecule has 0 fully saturated rings. The molecule has 0 aliphatic rings. The molecule has 0 aliphatic heterocycles. The van der Waals surface area contributed by atoms with Crippen LogP contribution in [0.3, 0.4) is 0 Å². The van der Waals surface area contributed by atoms with Crippen molar-refractivity contribution in [3.05, 3.63) is 35.9 Å². The fourth-order valence-corrected chi connectivity index (χ4v) is 2.58. The lowest BCUT2D eigenvalue weighted by Crippen LogP contribution is -2.08. The molecule has 0 radical (unpaired) electrons. The maximum atomic E-state index is 10.9. The minimum atomic E-state index is -3.00. The molecule has 2 nitrogen and oxygen atoms in total. The minimum absolute atomic E-state index is 0.0153. The molecule has 1 aromatic rings. The summed E-state index contributed by atoms with van der Waals surface area (Å²) in [4.78, 5) is 0. The van der Waals surface area contributed by atoms with Gasteiger partial charge >= 0.3 is 0 Å². The van der Waals surface area contributed by atoms with E-state index in [0.717, 1.165) is 5.56 Å². The molecule has 72 valence electrons. The third kappa shape index (κ3) is 3.79. The summed E-state index contributed by atoms with van der Waals surface area (Å²) in [6.07, 6.45) is 1.19. The van der Waals surface area contributed by atoms with Crippen LogP contribution in [0.15, 0.2) is 30.3 Å². The molecule has 13 heavy (non-hydrogen) atoms. The Morgan fingerprint density at radius 1 is 1.31 bits per heavy atom. The molecule has 0 saturated carbocycles. The van der Waals surface area contributed by atoms with E-state index in [9.17, 15) is 8.42 Å². The van der Waals surface area contributed by atoms with Gasteiger partial charge in [0.1, 0.15) is 9.84 Å². The zero-order valence-corrected chi connectivity index (χ0v) is 8.85. The quantitative estimate of drug-likeness (QED) is 0.728. The highest BCUT2D eigenvalue weighted by molar-refractivity contribution is 7.90. The molecule has 0 saturated heterocycles. The highest BCUT2D eigenvalue weighted by atomic mass is 35.5. The van der Waals surface area contributed by atoms with Crippen LogP contribution in [0.2, 0.25) is 0 Å². The first-order chi connectivity index (χ1) is 5.99. The van der Waals surface area contributed by atoms with E-state index in [1.807, 2.05) is 30.3 Å². The van der Waals surface area contributed by atoms with Gasteiger partial charge in [0.05, 0.1) is 11.1 Å². The van der Waals surface area contributed by atoms with Crippen molar-refractivity contribution in [2.45, 2.75) is 5.38 Å². The van der Waals surface area contributed by atoms with Crippen LogP contribution in [0.5, 0.6) is 0 Å². The molecule has 0 bridgehead atoms. The number of rotatable bonds is 3. The first-order valence-electron chi connectivity index (χ1n) is 3.86. The molecule has 0 N–H and O–H groups in total. The van der Waals surface area contributed by atoms with E-state index in [2.05, 4.69) is 0 Å². The Bertz CT molecular complexity index is 358. The lowest BCUT2D eigenvalue weighted by atomic mass is 10.2. The van der Waals surface area contributed by atoms with E-state index in [4.69, 9.17) is 11.6 Å². The smallest absolute Gasteiger partial charge is 0.149 e. The Hall–Kier alpha value is -0.540. The van der Waals surface area contributed by atoms with E-state index in [0.29, 0.717) is 0 Å². The minimum Gasteiger partial charge on any atom is -0.229 e. The van der Waals surface area contributed by atoms with Crippen molar-refractivity contribution < 1.29 is 8.42 Å². The first kappa shape index (κ1) is 10.5. The van der Waals surface area contributed by atoms with Gasteiger partial charge in [0.2, 0.25) is 0 Å². The summed E-state index contributed by atoms with van der Waals surface area (Å²) in [5, 5.41) is -0.448. The van der Waals surface area contributed by atoms with Gasteiger partial charge in [-0.15, -0.1) is 11.6 Å². The number of benzene rings is 1. The first-order valence-corrected chi connectivity index (χ1v) is 6.35. The zero-order chi connectivity index (χ0) is 9.90. The molecular formula is C9H11ClO2S. The third-order valence-electron chi connectivity index (χ3n) is 1.61. The molecule has 0 aromatic heterocycles. The van der Waals surface area contributed by atoms with Crippen molar-refractivity contribution in [3.8, 4) is 0 Å². The molecule has 1 unspecified atom stereocenters. The van der Waals surface area contributed by atoms with Crippen molar-refractivity contribution in [1.82, 2.24) is 0 Å². The summed E-state index contributed by atoms with van der Waals surface area (Å²) < 4.78 is 21.9. The summed E-state index contributed by atoms with van der Waals surface area (Å²) in [5.74, 6) is -0.0153. The normalized spacial score (nSPS) is 14.0. The lowest BCUT2D eigenvalue weighted by Gasteiger charge is -2.07. The van der Waals surface area contributed by atoms with Gasteiger partial charge in [0.25, 0.3) is 0 Å². The van der Waals surface area contributed by atoms with E-state index in [1.165, 1.54) is 6.26 Å². The van der Waals surface area contributed by atoms with Crippen LogP contribution in [-0.2, 0) is 9.84 Å². The predicted molar refractivity (Wildman–Crippen MR) is 54.7 cm³/mol. The van der Waals surface area contributed by atoms with Crippen LogP contribution in [-0.4, -0.2) is 20.4 Å². The van der Waals surface area contributed by atoms with E-state index < -0.39 is 15.2 Å². The van der Waals surface area contributed by atoms with Crippen molar-refractivity contribution in [3.63, 3.8) is 0 Å². The Morgan fingerprint density at radius 3 is 2.31 bits per heavy atom. The van der Waals surface area contributed by atoms with E-state index >= 15 is 0 Å². The molecule has 1 atom stereocenters. The van der Waals surface area contributed by atoms with Crippen LogP contribution in [0.1, 0.15) is 10.9 Å². The Morgan fingerprint density at radius 2 is 1.85 bits per heavy atom. The standard InChI is InChI=1S/C9H11ClO2S/c1-13(11,12)7-9(10)8-5-3-2-4-6-8/h2-6,9H,7H2,1H3. The summed E-state index contributed by atoms with van der Waals surface area (Å²) in [5.41, 5.74) is 0.842. The monoisotopic (exact) mass is 218 g/mol. The highest BCUT2D eigenvalue weighted by Crippen LogP contribution is 2.21. The summed E-state index contributed by atoms with van der Waals surface area (Å²) in [7, 11) is -3.00. The second kappa shape index (κ2) is 4.11. The molecule has 4 heteroatoms. The van der Waals surface area contributed by atoms with E-state index in [1.54, 1.807) is 0 Å². The van der Waals surface area contributed by atoms with Gasteiger partial charge in [-0.2, -0.15) is 0 Å². The topological polar surface area (TPSA) is 34.1 Å². The van der Waals surface area contributed by atoms with Crippen LogP contribution in [0.4, 0.5) is 0 Å². The molecule has 0 aliphatic carbocycles. The Kier molecular flexibility index (Phi) is 3.33. The van der Waals surface area contributed by atoms with Gasteiger partial charge in [0, 0.05) is 6.26 Å². The maximum absolute atomic E-state index is 10.9. The van der Waals surface area contributed by atoms with Crippen LogP contribution < -0.4 is 0 Å². The molecular weight excluding hydrogens is 208 g/mol. The summed E-state index contributed by atoms with van der Waals surface area (Å²) in [6.45, 7) is 0. The van der Waals surface area contributed by atoms with Gasteiger partial charge in [-0.3, -0.25) is 0 Å². The maximum Gasteiger partial charge on any atom is 0.149 e. The molecule has 1 aromatic carbocycles. The van der Waals surface area contributed by atoms with Gasteiger partial charge < -0.3 is 0 Å². The van der Waals surface area contributed by atoms with E-state index in [-0.39, 0.29) is 5.75 Å². The summed E-state index contributed by atoms with van der Waals surface area (Å²) >= 11 is 5.91. The average Bonchev–Trinajstić information content (AvgIpc) is 2.03. The van der Waals surface area contributed by atoms with Crippen molar-refractivity contribution in [1.29, 1.82) is 0 Å². The second-order valence-corrected chi connectivity index (χ2v) is 5.68. The lowest BCUT2D eigenvalue weighted by molar-refractivity contribution is 0.600. The van der Waals surface area contributed by atoms with Crippen LogP contribution in [0, 0.1) is 0 Å². The Balaban J connectivity index is 2.76. The predicted octanol–water partition coefficient (Wildman–Crippen LogP) is 2.01. The number of halogens is 1.